The third kappa shape index (κ3) is 3.39. The molecular weight excluding hydrogens is 362 g/mol. The lowest BCUT2D eigenvalue weighted by atomic mass is 9.98. The first-order chi connectivity index (χ1) is 13.5. The van der Waals surface area contributed by atoms with Crippen LogP contribution in [-0.2, 0) is 9.59 Å². The van der Waals surface area contributed by atoms with Crippen LogP contribution in [0, 0.1) is 0 Å². The van der Waals surface area contributed by atoms with E-state index in [9.17, 15) is 14.4 Å². The van der Waals surface area contributed by atoms with Crippen molar-refractivity contribution in [1.82, 2.24) is 15.5 Å². The van der Waals surface area contributed by atoms with Gasteiger partial charge in [0, 0.05) is 6.42 Å². The predicted molar refractivity (Wildman–Crippen MR) is 100 cm³/mol. The Hall–Kier alpha value is -2.77. The molecule has 3 aliphatic rings. The zero-order chi connectivity index (χ0) is 19.7. The van der Waals surface area contributed by atoms with Crippen LogP contribution in [0.25, 0.3) is 0 Å². The number of benzene rings is 1. The van der Waals surface area contributed by atoms with Gasteiger partial charge in [-0.15, -0.1) is 0 Å². The van der Waals surface area contributed by atoms with E-state index >= 15 is 0 Å². The minimum atomic E-state index is -0.794. The maximum Gasteiger partial charge on any atom is 0.325 e. The first-order valence-electron chi connectivity index (χ1n) is 9.81. The van der Waals surface area contributed by atoms with Crippen molar-refractivity contribution >= 4 is 17.8 Å². The first kappa shape index (κ1) is 18.6. The van der Waals surface area contributed by atoms with E-state index in [0.29, 0.717) is 37.6 Å². The van der Waals surface area contributed by atoms with E-state index in [2.05, 4.69) is 10.6 Å². The van der Waals surface area contributed by atoms with Crippen LogP contribution in [0.1, 0.15) is 50.6 Å². The summed E-state index contributed by atoms with van der Waals surface area (Å²) in [6.07, 6.45) is 3.93. The number of hydrogen-bond acceptors (Lipinski definition) is 5. The second kappa shape index (κ2) is 7.33. The van der Waals surface area contributed by atoms with Gasteiger partial charge in [0.15, 0.2) is 11.5 Å². The Kier molecular flexibility index (Phi) is 4.87. The first-order valence-corrected chi connectivity index (χ1v) is 9.81. The number of rotatable bonds is 4. The van der Waals surface area contributed by atoms with Crippen molar-refractivity contribution in [2.24, 2.45) is 0 Å². The molecule has 2 N–H and O–H groups in total. The summed E-state index contributed by atoms with van der Waals surface area (Å²) in [7, 11) is 0. The highest BCUT2D eigenvalue weighted by molar-refractivity contribution is 6.09. The molecule has 8 nitrogen and oxygen atoms in total. The smallest absolute Gasteiger partial charge is 0.325 e. The Morgan fingerprint density at radius 3 is 2.64 bits per heavy atom. The van der Waals surface area contributed by atoms with Crippen LogP contribution in [0.15, 0.2) is 18.2 Å². The van der Waals surface area contributed by atoms with E-state index in [1.54, 1.807) is 0 Å². The standard InChI is InChI=1S/C20H25N3O5/c1-13(14-5-6-15-16(11-14)28-10-4-9-27-15)21-17(24)12-23-18(25)20(22-19(23)26)7-2-3-8-20/h5-6,11,13H,2-4,7-10,12H2,1H3,(H,21,24)(H,22,26). The third-order valence-corrected chi connectivity index (χ3v) is 5.65. The molecule has 1 saturated heterocycles. The Morgan fingerprint density at radius 1 is 1.18 bits per heavy atom. The van der Waals surface area contributed by atoms with Crippen molar-refractivity contribution in [2.45, 2.75) is 50.6 Å². The summed E-state index contributed by atoms with van der Waals surface area (Å²) in [6, 6.07) is 4.78. The highest BCUT2D eigenvalue weighted by Gasteiger charge is 2.52. The van der Waals surface area contributed by atoms with Gasteiger partial charge in [0.25, 0.3) is 5.91 Å². The molecule has 0 aromatic heterocycles. The average molecular weight is 387 g/mol. The number of amides is 4. The van der Waals surface area contributed by atoms with Gasteiger partial charge in [-0.2, -0.15) is 0 Å². The average Bonchev–Trinajstić information content (AvgIpc) is 3.12. The lowest BCUT2D eigenvalue weighted by Crippen LogP contribution is -2.45. The lowest BCUT2D eigenvalue weighted by molar-refractivity contribution is -0.135. The van der Waals surface area contributed by atoms with Crippen molar-refractivity contribution < 1.29 is 23.9 Å². The fourth-order valence-electron chi connectivity index (χ4n) is 4.10. The summed E-state index contributed by atoms with van der Waals surface area (Å²) < 4.78 is 11.3. The molecule has 1 aliphatic carbocycles. The summed E-state index contributed by atoms with van der Waals surface area (Å²) in [5.41, 5.74) is 0.0687. The number of nitrogens with one attached hydrogen (secondary N) is 2. The molecule has 1 atom stereocenters. The molecule has 4 rings (SSSR count). The number of fused-ring (bicyclic) bond motifs is 1. The molecule has 1 spiro atoms. The molecule has 0 bridgehead atoms. The number of carbonyl (C=O) groups is 3. The van der Waals surface area contributed by atoms with Crippen LogP contribution in [0.3, 0.4) is 0 Å². The number of imide groups is 1. The molecular formula is C20H25N3O5. The number of nitrogens with zero attached hydrogens (tertiary/aromatic N) is 1. The topological polar surface area (TPSA) is 97.0 Å². The Labute approximate surface area is 163 Å². The van der Waals surface area contributed by atoms with Crippen LogP contribution < -0.4 is 20.1 Å². The van der Waals surface area contributed by atoms with Crippen molar-refractivity contribution in [3.05, 3.63) is 23.8 Å². The summed E-state index contributed by atoms with van der Waals surface area (Å²) in [6.45, 7) is 2.78. The maximum absolute atomic E-state index is 12.7. The van der Waals surface area contributed by atoms with Crippen molar-refractivity contribution in [1.29, 1.82) is 0 Å². The quantitative estimate of drug-likeness (QED) is 0.769. The van der Waals surface area contributed by atoms with Crippen molar-refractivity contribution in [3.8, 4) is 11.5 Å². The van der Waals surface area contributed by atoms with E-state index in [1.165, 1.54) is 0 Å². The number of carbonyl (C=O) groups excluding carboxylic acids is 3. The maximum atomic E-state index is 12.7. The molecule has 2 fully saturated rings. The molecule has 28 heavy (non-hydrogen) atoms. The fourth-order valence-corrected chi connectivity index (χ4v) is 4.10. The molecule has 4 amide bonds. The van der Waals surface area contributed by atoms with Gasteiger partial charge in [-0.3, -0.25) is 14.5 Å². The molecule has 1 saturated carbocycles. The van der Waals surface area contributed by atoms with Crippen LogP contribution in [0.2, 0.25) is 0 Å². The van der Waals surface area contributed by atoms with Crippen molar-refractivity contribution in [3.63, 3.8) is 0 Å². The van der Waals surface area contributed by atoms with Crippen LogP contribution >= 0.6 is 0 Å². The fraction of sp³-hybridized carbons (Fsp3) is 0.550. The van der Waals surface area contributed by atoms with E-state index in [4.69, 9.17) is 9.47 Å². The zero-order valence-electron chi connectivity index (χ0n) is 16.0. The molecule has 1 unspecified atom stereocenters. The van der Waals surface area contributed by atoms with E-state index in [-0.39, 0.29) is 24.4 Å². The largest absolute Gasteiger partial charge is 0.490 e. The highest BCUT2D eigenvalue weighted by Crippen LogP contribution is 2.35. The molecule has 150 valence electrons. The van der Waals surface area contributed by atoms with Gasteiger partial charge in [0.2, 0.25) is 5.91 Å². The van der Waals surface area contributed by atoms with Gasteiger partial charge < -0.3 is 20.1 Å². The van der Waals surface area contributed by atoms with Crippen molar-refractivity contribution in [2.75, 3.05) is 19.8 Å². The van der Waals surface area contributed by atoms with Crippen LogP contribution in [0.5, 0.6) is 11.5 Å². The highest BCUT2D eigenvalue weighted by atomic mass is 16.5. The summed E-state index contributed by atoms with van der Waals surface area (Å²) >= 11 is 0. The van der Waals surface area contributed by atoms with E-state index < -0.39 is 11.6 Å². The summed E-state index contributed by atoms with van der Waals surface area (Å²) in [4.78, 5) is 38.4. The second-order valence-electron chi connectivity index (χ2n) is 7.66. The minimum Gasteiger partial charge on any atom is -0.490 e. The van der Waals surface area contributed by atoms with Crippen LogP contribution in [-0.4, -0.2) is 48.0 Å². The molecule has 1 aromatic carbocycles. The molecule has 8 heteroatoms. The second-order valence-corrected chi connectivity index (χ2v) is 7.66. The van der Waals surface area contributed by atoms with Gasteiger partial charge in [-0.05, 0) is 37.5 Å². The summed E-state index contributed by atoms with van der Waals surface area (Å²) in [5.74, 6) is 0.695. The third-order valence-electron chi connectivity index (χ3n) is 5.65. The lowest BCUT2D eigenvalue weighted by Gasteiger charge is -2.21. The van der Waals surface area contributed by atoms with Gasteiger partial charge >= 0.3 is 6.03 Å². The Balaban J connectivity index is 1.39. The van der Waals surface area contributed by atoms with Gasteiger partial charge in [0.05, 0.1) is 19.3 Å². The molecule has 2 aliphatic heterocycles. The van der Waals surface area contributed by atoms with E-state index in [1.807, 2.05) is 25.1 Å². The molecule has 1 aromatic rings. The number of hydrogen-bond donors (Lipinski definition) is 2. The van der Waals surface area contributed by atoms with E-state index in [0.717, 1.165) is 29.7 Å². The normalized spacial score (nSPS) is 21.4. The zero-order valence-corrected chi connectivity index (χ0v) is 16.0. The Morgan fingerprint density at radius 2 is 1.89 bits per heavy atom. The molecule has 2 heterocycles. The van der Waals surface area contributed by atoms with Gasteiger partial charge in [-0.25, -0.2) is 4.79 Å². The monoisotopic (exact) mass is 387 g/mol. The number of ether oxygens (including phenoxy) is 2. The van der Waals surface area contributed by atoms with Crippen LogP contribution in [0.4, 0.5) is 4.79 Å². The molecule has 0 radical (unpaired) electrons. The summed E-state index contributed by atoms with van der Waals surface area (Å²) in [5, 5.41) is 5.64. The Bertz CT molecular complexity index is 803. The number of urea groups is 1. The minimum absolute atomic E-state index is 0.276. The van der Waals surface area contributed by atoms with Gasteiger partial charge in [0.1, 0.15) is 12.1 Å². The SMILES string of the molecule is CC(NC(=O)CN1C(=O)NC2(CCCC2)C1=O)c1ccc2c(c1)OCCCO2. The predicted octanol–water partition coefficient (Wildman–Crippen LogP) is 1.89. The van der Waals surface area contributed by atoms with Gasteiger partial charge in [-0.1, -0.05) is 18.9 Å².